The molecule has 0 aliphatic carbocycles. The zero-order valence-electron chi connectivity index (χ0n) is 14.7. The topological polar surface area (TPSA) is 106 Å². The van der Waals surface area contributed by atoms with Crippen molar-refractivity contribution in [3.63, 3.8) is 0 Å². The molecular formula is C18H18ClN3O5. The Morgan fingerprint density at radius 3 is 2.11 bits per heavy atom. The molecule has 0 saturated heterocycles. The summed E-state index contributed by atoms with van der Waals surface area (Å²) in [5.41, 5.74) is 5.08. The number of benzene rings is 2. The lowest BCUT2D eigenvalue weighted by Gasteiger charge is -2.10. The maximum atomic E-state index is 12.1. The highest BCUT2D eigenvalue weighted by atomic mass is 35.5. The lowest BCUT2D eigenvalue weighted by molar-refractivity contribution is -0.120. The number of ether oxygens (including phenoxy) is 2. The fourth-order valence-corrected chi connectivity index (χ4v) is 2.21. The number of halogens is 1. The SMILES string of the molecule is COc1ccc(C(=O)NCC(=O)NNC(=O)c2ccc(Cl)cc2)cc1OC. The Morgan fingerprint density at radius 2 is 1.48 bits per heavy atom. The Balaban J connectivity index is 1.83. The van der Waals surface area contributed by atoms with Gasteiger partial charge in [-0.1, -0.05) is 11.6 Å². The summed E-state index contributed by atoms with van der Waals surface area (Å²) in [5.74, 6) is -0.700. The van der Waals surface area contributed by atoms with Crippen molar-refractivity contribution < 1.29 is 23.9 Å². The van der Waals surface area contributed by atoms with Gasteiger partial charge in [0.1, 0.15) is 0 Å². The molecule has 0 saturated carbocycles. The summed E-state index contributed by atoms with van der Waals surface area (Å²) in [6.45, 7) is -0.325. The summed E-state index contributed by atoms with van der Waals surface area (Å²) in [6.07, 6.45) is 0. The number of hydrogen-bond donors (Lipinski definition) is 3. The van der Waals surface area contributed by atoms with Gasteiger partial charge < -0.3 is 14.8 Å². The molecule has 0 bridgehead atoms. The summed E-state index contributed by atoms with van der Waals surface area (Å²) in [7, 11) is 2.94. The van der Waals surface area contributed by atoms with Crippen LogP contribution in [0.2, 0.25) is 5.02 Å². The van der Waals surface area contributed by atoms with Gasteiger partial charge >= 0.3 is 0 Å². The molecule has 2 aromatic carbocycles. The third-order valence-corrected chi connectivity index (χ3v) is 3.73. The van der Waals surface area contributed by atoms with E-state index in [0.717, 1.165) is 0 Å². The molecule has 3 amide bonds. The minimum Gasteiger partial charge on any atom is -0.493 e. The van der Waals surface area contributed by atoms with Gasteiger partial charge in [0.05, 0.1) is 20.8 Å². The number of nitrogens with one attached hydrogen (secondary N) is 3. The molecule has 2 aromatic rings. The molecule has 2 rings (SSSR count). The summed E-state index contributed by atoms with van der Waals surface area (Å²) >= 11 is 5.74. The van der Waals surface area contributed by atoms with Crippen molar-refractivity contribution >= 4 is 29.3 Å². The second-order valence-corrected chi connectivity index (χ2v) is 5.70. The van der Waals surface area contributed by atoms with Crippen molar-refractivity contribution in [1.82, 2.24) is 16.2 Å². The Kier molecular flexibility index (Phi) is 7.01. The molecule has 27 heavy (non-hydrogen) atoms. The van der Waals surface area contributed by atoms with Crippen LogP contribution in [0.4, 0.5) is 0 Å². The predicted octanol–water partition coefficient (Wildman–Crippen LogP) is 1.55. The Morgan fingerprint density at radius 1 is 0.852 bits per heavy atom. The molecule has 0 fully saturated rings. The van der Waals surface area contributed by atoms with E-state index in [1.807, 2.05) is 0 Å². The number of hydrogen-bond acceptors (Lipinski definition) is 5. The minimum atomic E-state index is -0.592. The van der Waals surface area contributed by atoms with E-state index >= 15 is 0 Å². The Labute approximate surface area is 160 Å². The second kappa shape index (κ2) is 9.44. The van der Waals surface area contributed by atoms with E-state index in [-0.39, 0.29) is 6.54 Å². The van der Waals surface area contributed by atoms with Crippen molar-refractivity contribution in [3.05, 3.63) is 58.6 Å². The number of rotatable bonds is 6. The Hall–Kier alpha value is -3.26. The van der Waals surface area contributed by atoms with Crippen LogP contribution in [-0.2, 0) is 4.79 Å². The molecule has 142 valence electrons. The fourth-order valence-electron chi connectivity index (χ4n) is 2.08. The molecule has 9 heteroatoms. The van der Waals surface area contributed by atoms with E-state index in [1.165, 1.54) is 38.5 Å². The van der Waals surface area contributed by atoms with Crippen LogP contribution < -0.4 is 25.6 Å². The van der Waals surface area contributed by atoms with Crippen LogP contribution in [0.3, 0.4) is 0 Å². The molecule has 0 unspecified atom stereocenters. The van der Waals surface area contributed by atoms with Gasteiger partial charge in [-0.15, -0.1) is 0 Å². The summed E-state index contributed by atoms with van der Waals surface area (Å²) < 4.78 is 10.2. The van der Waals surface area contributed by atoms with Crippen LogP contribution in [0.15, 0.2) is 42.5 Å². The van der Waals surface area contributed by atoms with Gasteiger partial charge in [-0.3, -0.25) is 25.2 Å². The standard InChI is InChI=1S/C18H18ClN3O5/c1-26-14-8-5-12(9-15(14)27-2)17(24)20-10-16(23)21-22-18(25)11-3-6-13(19)7-4-11/h3-9H,10H2,1-2H3,(H,20,24)(H,21,23)(H,22,25). The molecule has 0 aliphatic heterocycles. The van der Waals surface area contributed by atoms with E-state index < -0.39 is 17.7 Å². The molecule has 3 N–H and O–H groups in total. The van der Waals surface area contributed by atoms with Crippen LogP contribution in [0.25, 0.3) is 0 Å². The second-order valence-electron chi connectivity index (χ2n) is 5.26. The van der Waals surface area contributed by atoms with E-state index in [1.54, 1.807) is 18.2 Å². The predicted molar refractivity (Wildman–Crippen MR) is 98.9 cm³/mol. The van der Waals surface area contributed by atoms with E-state index in [2.05, 4.69) is 16.2 Å². The summed E-state index contributed by atoms with van der Waals surface area (Å²) in [5, 5.41) is 2.94. The number of methoxy groups -OCH3 is 2. The zero-order chi connectivity index (χ0) is 19.8. The Bertz CT molecular complexity index is 839. The van der Waals surface area contributed by atoms with Gasteiger partial charge in [-0.2, -0.15) is 0 Å². The third kappa shape index (κ3) is 5.61. The molecule has 0 spiro atoms. The first kappa shape index (κ1) is 20.1. The molecule has 0 aromatic heterocycles. The number of amides is 3. The molecular weight excluding hydrogens is 374 g/mol. The number of hydrazine groups is 1. The quantitative estimate of drug-likeness (QED) is 0.648. The van der Waals surface area contributed by atoms with Crippen molar-refractivity contribution in [1.29, 1.82) is 0 Å². The van der Waals surface area contributed by atoms with Crippen molar-refractivity contribution in [2.24, 2.45) is 0 Å². The normalized spacial score (nSPS) is 9.89. The van der Waals surface area contributed by atoms with Crippen molar-refractivity contribution in [3.8, 4) is 11.5 Å². The van der Waals surface area contributed by atoms with Gasteiger partial charge in [-0.25, -0.2) is 0 Å². The molecule has 8 nitrogen and oxygen atoms in total. The van der Waals surface area contributed by atoms with Gasteiger partial charge in [0.15, 0.2) is 11.5 Å². The molecule has 0 radical (unpaired) electrons. The van der Waals surface area contributed by atoms with Crippen molar-refractivity contribution in [2.45, 2.75) is 0 Å². The number of carbonyl (C=O) groups excluding carboxylic acids is 3. The lowest BCUT2D eigenvalue weighted by Crippen LogP contribution is -2.46. The van der Waals surface area contributed by atoms with Crippen LogP contribution in [0.5, 0.6) is 11.5 Å². The first-order valence-electron chi connectivity index (χ1n) is 7.79. The van der Waals surface area contributed by atoms with Crippen molar-refractivity contribution in [2.75, 3.05) is 20.8 Å². The maximum Gasteiger partial charge on any atom is 0.269 e. The van der Waals surface area contributed by atoms with Gasteiger partial charge in [-0.05, 0) is 42.5 Å². The highest BCUT2D eigenvalue weighted by Crippen LogP contribution is 2.27. The highest BCUT2D eigenvalue weighted by Gasteiger charge is 2.12. The average Bonchev–Trinajstić information content (AvgIpc) is 2.70. The lowest BCUT2D eigenvalue weighted by atomic mass is 10.2. The van der Waals surface area contributed by atoms with Crippen LogP contribution in [0, 0.1) is 0 Å². The van der Waals surface area contributed by atoms with E-state index in [4.69, 9.17) is 21.1 Å². The fraction of sp³-hybridized carbons (Fsp3) is 0.167. The van der Waals surface area contributed by atoms with Gasteiger partial charge in [0.2, 0.25) is 0 Å². The van der Waals surface area contributed by atoms with E-state index in [9.17, 15) is 14.4 Å². The summed E-state index contributed by atoms with van der Waals surface area (Å²) in [6, 6.07) is 10.8. The highest BCUT2D eigenvalue weighted by molar-refractivity contribution is 6.30. The zero-order valence-corrected chi connectivity index (χ0v) is 15.4. The maximum absolute atomic E-state index is 12.1. The van der Waals surface area contributed by atoms with Gasteiger partial charge in [0, 0.05) is 16.1 Å². The van der Waals surface area contributed by atoms with Crippen LogP contribution >= 0.6 is 11.6 Å². The minimum absolute atomic E-state index is 0.297. The molecule has 0 aliphatic rings. The third-order valence-electron chi connectivity index (χ3n) is 3.48. The number of carbonyl (C=O) groups is 3. The van der Waals surface area contributed by atoms with Gasteiger partial charge in [0.25, 0.3) is 17.7 Å². The molecule has 0 heterocycles. The van der Waals surface area contributed by atoms with Crippen LogP contribution in [0.1, 0.15) is 20.7 Å². The monoisotopic (exact) mass is 391 g/mol. The summed E-state index contributed by atoms with van der Waals surface area (Å²) in [4.78, 5) is 35.8. The van der Waals surface area contributed by atoms with E-state index in [0.29, 0.717) is 27.6 Å². The largest absolute Gasteiger partial charge is 0.493 e. The van der Waals surface area contributed by atoms with Crippen LogP contribution in [-0.4, -0.2) is 38.5 Å². The first-order chi connectivity index (χ1) is 12.9. The smallest absolute Gasteiger partial charge is 0.269 e. The molecule has 0 atom stereocenters. The average molecular weight is 392 g/mol. The first-order valence-corrected chi connectivity index (χ1v) is 8.17.